The molecule has 0 bridgehead atoms. The number of urea groups is 1. The second kappa shape index (κ2) is 9.88. The fraction of sp³-hybridized carbons (Fsp3) is 0.524. The number of hydrogen-bond acceptors (Lipinski definition) is 5. The molecular formula is C21H28N6O2S. The molecule has 2 aromatic heterocycles. The predicted molar refractivity (Wildman–Crippen MR) is 117 cm³/mol. The van der Waals surface area contributed by atoms with Crippen LogP contribution in [0.2, 0.25) is 0 Å². The van der Waals surface area contributed by atoms with Crippen molar-refractivity contribution in [3.05, 3.63) is 40.0 Å². The molecule has 2 aromatic rings. The molecule has 1 saturated heterocycles. The Hall–Kier alpha value is -2.68. The molecule has 1 aliphatic heterocycles. The third kappa shape index (κ3) is 5.27. The average Bonchev–Trinajstić information content (AvgIpc) is 3.47. The largest absolute Gasteiger partial charge is 0.338 e. The van der Waals surface area contributed by atoms with Gasteiger partial charge in [-0.15, -0.1) is 11.3 Å². The van der Waals surface area contributed by atoms with E-state index in [9.17, 15) is 9.59 Å². The molecule has 1 fully saturated rings. The first-order valence-electron chi connectivity index (χ1n) is 10.7. The fourth-order valence-corrected chi connectivity index (χ4v) is 4.97. The first kappa shape index (κ1) is 20.6. The Morgan fingerprint density at radius 1 is 1.27 bits per heavy atom. The number of piperidine rings is 1. The minimum Gasteiger partial charge on any atom is -0.338 e. The van der Waals surface area contributed by atoms with Crippen molar-refractivity contribution in [1.29, 1.82) is 0 Å². The minimum absolute atomic E-state index is 0.0311. The number of rotatable bonds is 6. The van der Waals surface area contributed by atoms with Crippen LogP contribution >= 0.6 is 11.3 Å². The van der Waals surface area contributed by atoms with E-state index >= 15 is 0 Å². The average molecular weight is 429 g/mol. The lowest BCUT2D eigenvalue weighted by Gasteiger charge is -2.31. The molecule has 160 valence electrons. The predicted octanol–water partition coefficient (Wildman–Crippen LogP) is 3.90. The van der Waals surface area contributed by atoms with Gasteiger partial charge in [0, 0.05) is 37.0 Å². The molecule has 8 nitrogen and oxygen atoms in total. The lowest BCUT2D eigenvalue weighted by Crippen LogP contribution is -2.44. The van der Waals surface area contributed by atoms with Crippen molar-refractivity contribution < 1.29 is 9.59 Å². The van der Waals surface area contributed by atoms with Crippen molar-refractivity contribution in [2.45, 2.75) is 50.9 Å². The molecule has 3 heterocycles. The van der Waals surface area contributed by atoms with Crippen molar-refractivity contribution >= 4 is 29.1 Å². The number of anilines is 1. The van der Waals surface area contributed by atoms with E-state index in [4.69, 9.17) is 0 Å². The second-order valence-corrected chi connectivity index (χ2v) is 8.74. The maximum absolute atomic E-state index is 12.4. The Kier molecular flexibility index (Phi) is 6.78. The summed E-state index contributed by atoms with van der Waals surface area (Å²) in [5, 5.41) is 15.1. The third-order valence-corrected chi connectivity index (χ3v) is 6.75. The summed E-state index contributed by atoms with van der Waals surface area (Å²) in [6.45, 7) is 2.15. The van der Waals surface area contributed by atoms with E-state index in [0.717, 1.165) is 24.3 Å². The number of carbonyl (C=O) groups excluding carboxylic acids is 2. The second-order valence-electron chi connectivity index (χ2n) is 7.85. The van der Waals surface area contributed by atoms with Crippen molar-refractivity contribution in [1.82, 2.24) is 25.4 Å². The number of amides is 3. The lowest BCUT2D eigenvalue weighted by molar-refractivity contribution is 0.102. The van der Waals surface area contributed by atoms with Crippen molar-refractivity contribution in [2.75, 3.05) is 25.0 Å². The summed E-state index contributed by atoms with van der Waals surface area (Å²) in [7, 11) is 0. The highest BCUT2D eigenvalue weighted by atomic mass is 32.1. The molecule has 0 spiro atoms. The molecule has 30 heavy (non-hydrogen) atoms. The van der Waals surface area contributed by atoms with Gasteiger partial charge in [0.2, 0.25) is 0 Å². The van der Waals surface area contributed by atoms with Crippen LogP contribution in [0.1, 0.15) is 66.4 Å². The van der Waals surface area contributed by atoms with Crippen LogP contribution in [0.5, 0.6) is 0 Å². The number of likely N-dealkylation sites (tertiary alicyclic amines) is 1. The van der Waals surface area contributed by atoms with Crippen molar-refractivity contribution in [3.8, 4) is 0 Å². The van der Waals surface area contributed by atoms with E-state index in [0.29, 0.717) is 37.1 Å². The molecule has 0 aromatic carbocycles. The summed E-state index contributed by atoms with van der Waals surface area (Å²) in [5.41, 5.74) is 1.90. The van der Waals surface area contributed by atoms with Crippen LogP contribution in [0.25, 0.3) is 0 Å². The van der Waals surface area contributed by atoms with Gasteiger partial charge in [-0.05, 0) is 44.9 Å². The van der Waals surface area contributed by atoms with Gasteiger partial charge in [-0.25, -0.2) is 9.78 Å². The SMILES string of the molecule is O=C(Nc1ccn[nH]1)c1csc(C2CCN(C(=O)NCCC3=CCCCC3)CC2)n1. The Balaban J connectivity index is 1.21. The Labute approximate surface area is 180 Å². The minimum atomic E-state index is -0.244. The number of nitrogens with one attached hydrogen (secondary N) is 3. The lowest BCUT2D eigenvalue weighted by atomic mass is 9.97. The van der Waals surface area contributed by atoms with E-state index in [-0.39, 0.29) is 11.9 Å². The summed E-state index contributed by atoms with van der Waals surface area (Å²) in [5.74, 6) is 0.598. The molecule has 1 aliphatic carbocycles. The van der Waals surface area contributed by atoms with Gasteiger partial charge >= 0.3 is 6.03 Å². The highest BCUT2D eigenvalue weighted by Gasteiger charge is 2.26. The molecule has 3 N–H and O–H groups in total. The van der Waals surface area contributed by atoms with Gasteiger partial charge in [-0.1, -0.05) is 11.6 Å². The van der Waals surface area contributed by atoms with Crippen molar-refractivity contribution in [3.63, 3.8) is 0 Å². The zero-order valence-corrected chi connectivity index (χ0v) is 17.8. The molecule has 0 radical (unpaired) electrons. The number of aromatic amines is 1. The summed E-state index contributed by atoms with van der Waals surface area (Å²) in [6.07, 6.45) is 11.5. The summed E-state index contributed by atoms with van der Waals surface area (Å²) < 4.78 is 0. The van der Waals surface area contributed by atoms with Gasteiger partial charge in [-0.3, -0.25) is 9.89 Å². The molecule has 2 aliphatic rings. The number of aromatic nitrogens is 3. The maximum Gasteiger partial charge on any atom is 0.317 e. The highest BCUT2D eigenvalue weighted by Crippen LogP contribution is 2.30. The van der Waals surface area contributed by atoms with Gasteiger partial charge in [0.1, 0.15) is 11.5 Å². The molecule has 0 atom stereocenters. The van der Waals surface area contributed by atoms with Crippen LogP contribution in [0.4, 0.5) is 10.6 Å². The highest BCUT2D eigenvalue weighted by molar-refractivity contribution is 7.10. The smallest absolute Gasteiger partial charge is 0.317 e. The molecule has 0 saturated carbocycles. The summed E-state index contributed by atoms with van der Waals surface area (Å²) >= 11 is 1.51. The number of carbonyl (C=O) groups is 2. The van der Waals surface area contributed by atoms with Crippen LogP contribution in [0.3, 0.4) is 0 Å². The van der Waals surface area contributed by atoms with E-state index < -0.39 is 0 Å². The number of nitrogens with zero attached hydrogens (tertiary/aromatic N) is 3. The number of allylic oxidation sites excluding steroid dienone is 1. The standard InChI is InChI=1S/C21H28N6O2S/c28-19(25-18-7-11-23-26-18)17-14-30-20(24-17)16-8-12-27(13-9-16)21(29)22-10-6-15-4-2-1-3-5-15/h4,7,11,14,16H,1-3,5-6,8-10,12-13H2,(H,22,29)(H2,23,25,26,28). The topological polar surface area (TPSA) is 103 Å². The monoisotopic (exact) mass is 428 g/mol. The van der Waals surface area contributed by atoms with E-state index in [1.807, 2.05) is 4.90 Å². The van der Waals surface area contributed by atoms with Crippen molar-refractivity contribution in [2.24, 2.45) is 0 Å². The normalized spacial score (nSPS) is 17.5. The van der Waals surface area contributed by atoms with Gasteiger partial charge < -0.3 is 15.5 Å². The Morgan fingerprint density at radius 2 is 2.13 bits per heavy atom. The molecule has 9 heteroatoms. The quantitative estimate of drug-likeness (QED) is 0.607. The van der Waals surface area contributed by atoms with Gasteiger partial charge in [0.25, 0.3) is 5.91 Å². The number of H-pyrrole nitrogens is 1. The van der Waals surface area contributed by atoms with Gasteiger partial charge in [0.05, 0.1) is 11.2 Å². The Morgan fingerprint density at radius 3 is 2.87 bits per heavy atom. The van der Waals surface area contributed by atoms with E-state index in [2.05, 4.69) is 31.9 Å². The van der Waals surface area contributed by atoms with Crippen LogP contribution in [-0.4, -0.2) is 51.7 Å². The zero-order chi connectivity index (χ0) is 20.8. The van der Waals surface area contributed by atoms with Crippen LogP contribution < -0.4 is 10.6 Å². The zero-order valence-electron chi connectivity index (χ0n) is 17.0. The van der Waals surface area contributed by atoms with Gasteiger partial charge in [0.15, 0.2) is 0 Å². The number of thiazole rings is 1. The van der Waals surface area contributed by atoms with Crippen LogP contribution in [0, 0.1) is 0 Å². The third-order valence-electron chi connectivity index (χ3n) is 5.74. The molecule has 3 amide bonds. The summed E-state index contributed by atoms with van der Waals surface area (Å²) in [4.78, 5) is 31.2. The van der Waals surface area contributed by atoms with E-state index in [1.54, 1.807) is 17.6 Å². The fourth-order valence-electron chi connectivity index (χ4n) is 3.99. The summed E-state index contributed by atoms with van der Waals surface area (Å²) in [6, 6.07) is 1.72. The number of hydrogen-bond donors (Lipinski definition) is 3. The van der Waals surface area contributed by atoms with Crippen LogP contribution in [0.15, 0.2) is 29.3 Å². The first-order chi connectivity index (χ1) is 14.7. The molecule has 0 unspecified atom stereocenters. The maximum atomic E-state index is 12.4. The van der Waals surface area contributed by atoms with Crippen LogP contribution in [-0.2, 0) is 0 Å². The van der Waals surface area contributed by atoms with E-state index in [1.165, 1.54) is 42.6 Å². The van der Waals surface area contributed by atoms with Gasteiger partial charge in [-0.2, -0.15) is 5.10 Å². The molecular weight excluding hydrogens is 400 g/mol. The Bertz CT molecular complexity index is 883. The first-order valence-corrected chi connectivity index (χ1v) is 11.5. The molecule has 4 rings (SSSR count).